The molecule has 0 amide bonds. The quantitative estimate of drug-likeness (QED) is 0.512. The second-order valence-corrected chi connectivity index (χ2v) is 8.15. The Morgan fingerprint density at radius 3 is 2.40 bits per heavy atom. The average molecular weight is 398 g/mol. The Bertz CT molecular complexity index is 1170. The predicted molar refractivity (Wildman–Crippen MR) is 125 cm³/mol. The molecule has 1 aromatic heterocycles. The maximum Gasteiger partial charge on any atom is 0.103 e. The third kappa shape index (κ3) is 3.71. The number of para-hydroxylation sites is 1. The lowest BCUT2D eigenvalue weighted by Crippen LogP contribution is -3.13. The van der Waals surface area contributed by atoms with E-state index in [-0.39, 0.29) is 0 Å². The van der Waals surface area contributed by atoms with Crippen molar-refractivity contribution in [3.8, 4) is 0 Å². The first-order valence-corrected chi connectivity index (χ1v) is 11.0. The number of nitrogens with zero attached hydrogens (tertiary/aromatic N) is 3. The van der Waals surface area contributed by atoms with Gasteiger partial charge in [-0.3, -0.25) is 5.01 Å². The van der Waals surface area contributed by atoms with Crippen molar-refractivity contribution in [1.82, 2.24) is 9.58 Å². The van der Waals surface area contributed by atoms with E-state index >= 15 is 0 Å². The summed E-state index contributed by atoms with van der Waals surface area (Å²) in [5.41, 5.74) is 5.19. The molecule has 30 heavy (non-hydrogen) atoms. The lowest BCUT2D eigenvalue weighted by molar-refractivity contribution is -0.918. The van der Waals surface area contributed by atoms with Crippen LogP contribution in [-0.2, 0) is 13.1 Å². The summed E-state index contributed by atoms with van der Waals surface area (Å²) in [4.78, 5) is 1.64. The van der Waals surface area contributed by atoms with E-state index in [0.29, 0.717) is 0 Å². The number of rotatable bonds is 5. The SMILES string of the molecule is CCn1c2ccccc2c2cc(/C=N\N3CC[NH+](Cc4ccccc4)CC3)ccc21. The molecule has 0 atom stereocenters. The number of hydrazone groups is 1. The van der Waals surface area contributed by atoms with Crippen LogP contribution in [0.15, 0.2) is 77.9 Å². The van der Waals surface area contributed by atoms with Crippen LogP contribution >= 0.6 is 0 Å². The zero-order chi connectivity index (χ0) is 20.3. The number of quaternary nitrogens is 1. The summed E-state index contributed by atoms with van der Waals surface area (Å²) >= 11 is 0. The highest BCUT2D eigenvalue weighted by Crippen LogP contribution is 2.29. The number of nitrogens with one attached hydrogen (secondary N) is 1. The molecule has 0 radical (unpaired) electrons. The van der Waals surface area contributed by atoms with Gasteiger partial charge in [-0.1, -0.05) is 54.6 Å². The first-order valence-electron chi connectivity index (χ1n) is 11.0. The van der Waals surface area contributed by atoms with Crippen molar-refractivity contribution in [2.24, 2.45) is 5.10 Å². The van der Waals surface area contributed by atoms with Crippen molar-refractivity contribution in [2.75, 3.05) is 26.2 Å². The number of benzene rings is 3. The van der Waals surface area contributed by atoms with Crippen LogP contribution in [0.2, 0.25) is 0 Å². The largest absolute Gasteiger partial charge is 0.341 e. The molecule has 1 aliphatic rings. The highest BCUT2D eigenvalue weighted by molar-refractivity contribution is 6.09. The summed E-state index contributed by atoms with van der Waals surface area (Å²) in [7, 11) is 0. The van der Waals surface area contributed by atoms with Gasteiger partial charge in [0.25, 0.3) is 0 Å². The first-order chi connectivity index (χ1) is 14.8. The number of hydrogen-bond acceptors (Lipinski definition) is 2. The van der Waals surface area contributed by atoms with Crippen molar-refractivity contribution in [3.05, 3.63) is 83.9 Å². The zero-order valence-electron chi connectivity index (χ0n) is 17.6. The zero-order valence-corrected chi connectivity index (χ0v) is 17.6. The van der Waals surface area contributed by atoms with Crippen molar-refractivity contribution in [3.63, 3.8) is 0 Å². The summed E-state index contributed by atoms with van der Waals surface area (Å²) in [6, 6.07) is 26.2. The second-order valence-electron chi connectivity index (χ2n) is 8.15. The molecular weight excluding hydrogens is 368 g/mol. The van der Waals surface area contributed by atoms with Gasteiger partial charge in [0.05, 0.1) is 32.4 Å². The molecular formula is C26H29N4+. The fourth-order valence-electron chi connectivity index (χ4n) is 4.63. The summed E-state index contributed by atoms with van der Waals surface area (Å²) in [5, 5.41) is 9.65. The molecule has 0 spiro atoms. The van der Waals surface area contributed by atoms with E-state index in [4.69, 9.17) is 5.10 Å². The molecule has 1 saturated heterocycles. The average Bonchev–Trinajstić information content (AvgIpc) is 3.12. The van der Waals surface area contributed by atoms with Crippen molar-refractivity contribution in [1.29, 1.82) is 0 Å². The molecule has 3 aromatic carbocycles. The molecule has 1 N–H and O–H groups in total. The van der Waals surface area contributed by atoms with Crippen molar-refractivity contribution < 1.29 is 4.90 Å². The number of aromatic nitrogens is 1. The van der Waals surface area contributed by atoms with E-state index in [1.54, 1.807) is 4.90 Å². The standard InChI is InChI=1S/C26H28N4/c1-2-30-25-11-7-6-10-23(25)24-18-22(12-13-26(24)30)19-27-29-16-14-28(15-17-29)20-21-8-4-3-5-9-21/h3-13,18-19H,2,14-17,20H2,1H3/p+1/b27-19-. The molecule has 0 saturated carbocycles. The topological polar surface area (TPSA) is 25.0 Å². The Morgan fingerprint density at radius 2 is 1.60 bits per heavy atom. The van der Waals surface area contributed by atoms with Gasteiger partial charge in [-0.2, -0.15) is 5.10 Å². The lowest BCUT2D eigenvalue weighted by atomic mass is 10.1. The van der Waals surface area contributed by atoms with Gasteiger partial charge in [0.2, 0.25) is 0 Å². The Hall–Kier alpha value is -3.11. The molecule has 5 rings (SSSR count). The minimum absolute atomic E-state index is 0.979. The van der Waals surface area contributed by atoms with Crippen LogP contribution in [0, 0.1) is 0 Å². The van der Waals surface area contributed by atoms with Crippen molar-refractivity contribution >= 4 is 28.0 Å². The van der Waals surface area contributed by atoms with Crippen LogP contribution in [0.3, 0.4) is 0 Å². The predicted octanol–water partition coefficient (Wildman–Crippen LogP) is 3.55. The molecule has 0 unspecified atom stereocenters. The van der Waals surface area contributed by atoms with E-state index < -0.39 is 0 Å². The van der Waals surface area contributed by atoms with E-state index in [0.717, 1.165) is 39.3 Å². The third-order valence-corrected chi connectivity index (χ3v) is 6.23. The van der Waals surface area contributed by atoms with Crippen LogP contribution in [0.25, 0.3) is 21.8 Å². The number of aryl methyl sites for hydroxylation is 1. The minimum atomic E-state index is 0.979. The molecule has 2 heterocycles. The van der Waals surface area contributed by atoms with Gasteiger partial charge in [0.1, 0.15) is 6.54 Å². The Labute approximate surface area is 178 Å². The van der Waals surface area contributed by atoms with Crippen LogP contribution in [0.5, 0.6) is 0 Å². The summed E-state index contributed by atoms with van der Waals surface area (Å²) in [5.74, 6) is 0. The molecule has 4 heteroatoms. The van der Waals surface area contributed by atoms with Crippen LogP contribution in [-0.4, -0.2) is 42.0 Å². The number of piperazine rings is 1. The van der Waals surface area contributed by atoms with E-state index in [2.05, 4.69) is 89.3 Å². The van der Waals surface area contributed by atoms with Gasteiger partial charge in [-0.25, -0.2) is 0 Å². The van der Waals surface area contributed by atoms with Gasteiger partial charge in [0.15, 0.2) is 0 Å². The molecule has 4 aromatic rings. The monoisotopic (exact) mass is 397 g/mol. The summed E-state index contributed by atoms with van der Waals surface area (Å²) in [6.45, 7) is 8.58. The molecule has 1 fully saturated rings. The molecule has 1 aliphatic heterocycles. The van der Waals surface area contributed by atoms with E-state index in [9.17, 15) is 0 Å². The Morgan fingerprint density at radius 1 is 0.867 bits per heavy atom. The highest BCUT2D eigenvalue weighted by Gasteiger charge is 2.18. The highest BCUT2D eigenvalue weighted by atomic mass is 15.5. The van der Waals surface area contributed by atoms with Gasteiger partial charge >= 0.3 is 0 Å². The smallest absolute Gasteiger partial charge is 0.103 e. The molecule has 4 nitrogen and oxygen atoms in total. The number of hydrogen-bond donors (Lipinski definition) is 1. The van der Waals surface area contributed by atoms with Crippen LogP contribution in [0.1, 0.15) is 18.1 Å². The van der Waals surface area contributed by atoms with Gasteiger partial charge in [-0.05, 0) is 30.7 Å². The van der Waals surface area contributed by atoms with Gasteiger partial charge in [0, 0.05) is 33.9 Å². The fraction of sp³-hybridized carbons (Fsp3) is 0.269. The minimum Gasteiger partial charge on any atom is -0.341 e. The molecule has 0 bridgehead atoms. The van der Waals surface area contributed by atoms with Crippen LogP contribution in [0.4, 0.5) is 0 Å². The fourth-order valence-corrected chi connectivity index (χ4v) is 4.63. The van der Waals surface area contributed by atoms with E-state index in [1.807, 2.05) is 6.21 Å². The second kappa shape index (κ2) is 8.33. The van der Waals surface area contributed by atoms with Crippen molar-refractivity contribution in [2.45, 2.75) is 20.0 Å². The van der Waals surface area contributed by atoms with Gasteiger partial charge in [-0.15, -0.1) is 0 Å². The summed E-state index contributed by atoms with van der Waals surface area (Å²) in [6.07, 6.45) is 2.03. The molecule has 152 valence electrons. The normalized spacial score (nSPS) is 15.6. The third-order valence-electron chi connectivity index (χ3n) is 6.23. The number of fused-ring (bicyclic) bond motifs is 3. The Balaban J connectivity index is 1.29. The lowest BCUT2D eigenvalue weighted by Gasteiger charge is -2.30. The Kier molecular flexibility index (Phi) is 5.24. The molecule has 0 aliphatic carbocycles. The van der Waals surface area contributed by atoms with Gasteiger partial charge < -0.3 is 9.47 Å². The summed E-state index contributed by atoms with van der Waals surface area (Å²) < 4.78 is 2.39. The maximum atomic E-state index is 4.80. The maximum absolute atomic E-state index is 4.80. The first kappa shape index (κ1) is 18.9. The van der Waals surface area contributed by atoms with Crippen LogP contribution < -0.4 is 4.90 Å². The van der Waals surface area contributed by atoms with E-state index in [1.165, 1.54) is 32.9 Å².